The Morgan fingerprint density at radius 2 is 1.69 bits per heavy atom. The highest BCUT2D eigenvalue weighted by Crippen LogP contribution is 2.26. The first-order valence-corrected chi connectivity index (χ1v) is 13.6. The number of urea groups is 2. The highest BCUT2D eigenvalue weighted by Gasteiger charge is 2.37. The summed E-state index contributed by atoms with van der Waals surface area (Å²) in [5.41, 5.74) is 9.61. The fourth-order valence-electron chi connectivity index (χ4n) is 4.84. The zero-order chi connectivity index (χ0) is 29.6. The van der Waals surface area contributed by atoms with E-state index < -0.39 is 23.9 Å². The number of benzene rings is 3. The monoisotopic (exact) mass is 589 g/mol. The lowest BCUT2D eigenvalue weighted by atomic mass is 10.0. The average molecular weight is 590 g/mol. The Balaban J connectivity index is 1.35. The Labute approximate surface area is 246 Å². The number of imidazole rings is 1. The second-order valence-electron chi connectivity index (χ2n) is 9.90. The average Bonchev–Trinajstić information content (AvgIpc) is 3.38. The maximum absolute atomic E-state index is 13.5. The molecule has 0 radical (unpaired) electrons. The summed E-state index contributed by atoms with van der Waals surface area (Å²) in [5, 5.41) is 8.86. The van der Waals surface area contributed by atoms with E-state index in [0.29, 0.717) is 22.9 Å². The summed E-state index contributed by atoms with van der Waals surface area (Å²) in [6.07, 6.45) is 1.89. The molecule has 4 aromatic rings. The number of hydrogen-bond acceptors (Lipinski definition) is 4. The molecule has 0 fully saturated rings. The number of nitrogens with one attached hydrogen (secondary N) is 3. The number of amides is 5. The van der Waals surface area contributed by atoms with E-state index in [1.165, 1.54) is 29.2 Å². The third-order valence-corrected chi connectivity index (χ3v) is 7.37. The van der Waals surface area contributed by atoms with E-state index in [4.69, 9.17) is 17.3 Å². The molecule has 5 amide bonds. The predicted molar refractivity (Wildman–Crippen MR) is 156 cm³/mol. The molecule has 1 aliphatic rings. The van der Waals surface area contributed by atoms with Crippen molar-refractivity contribution in [2.24, 2.45) is 5.73 Å². The molecule has 1 atom stereocenters. The van der Waals surface area contributed by atoms with E-state index in [9.17, 15) is 18.8 Å². The summed E-state index contributed by atoms with van der Waals surface area (Å²) in [7, 11) is 0. The first kappa shape index (κ1) is 28.6. The van der Waals surface area contributed by atoms with E-state index in [2.05, 4.69) is 20.9 Å². The van der Waals surface area contributed by atoms with Gasteiger partial charge in [-0.3, -0.25) is 4.79 Å². The van der Waals surface area contributed by atoms with Gasteiger partial charge in [-0.1, -0.05) is 54.1 Å². The van der Waals surface area contributed by atoms with Gasteiger partial charge in [0.2, 0.25) is 5.91 Å². The third kappa shape index (κ3) is 6.87. The van der Waals surface area contributed by atoms with E-state index in [0.717, 1.165) is 22.4 Å². The highest BCUT2D eigenvalue weighted by molar-refractivity contribution is 6.31. The Kier molecular flexibility index (Phi) is 8.68. The van der Waals surface area contributed by atoms with Crippen molar-refractivity contribution in [2.75, 3.05) is 5.32 Å². The van der Waals surface area contributed by atoms with Crippen molar-refractivity contribution in [3.8, 4) is 0 Å². The van der Waals surface area contributed by atoms with Gasteiger partial charge in [0, 0.05) is 30.2 Å². The number of halogens is 2. The number of aromatic nitrogens is 2. The topological polar surface area (TPSA) is 134 Å². The van der Waals surface area contributed by atoms with E-state index in [-0.39, 0.29) is 32.0 Å². The Morgan fingerprint density at radius 3 is 2.40 bits per heavy atom. The van der Waals surface area contributed by atoms with Crippen LogP contribution in [0, 0.1) is 5.82 Å². The number of anilines is 1. The Hall–Kier alpha value is -4.90. The molecule has 5 N–H and O–H groups in total. The first-order valence-electron chi connectivity index (χ1n) is 13.2. The zero-order valence-electron chi connectivity index (χ0n) is 22.5. The van der Waals surface area contributed by atoms with Crippen LogP contribution in [0.4, 0.5) is 19.7 Å². The smallest absolute Gasteiger partial charge is 0.322 e. The van der Waals surface area contributed by atoms with Gasteiger partial charge < -0.3 is 31.2 Å². The van der Waals surface area contributed by atoms with Crippen molar-refractivity contribution >= 4 is 35.3 Å². The number of primary amides is 1. The Morgan fingerprint density at radius 1 is 0.976 bits per heavy atom. The number of nitrogens with two attached hydrogens (primary N) is 1. The van der Waals surface area contributed by atoms with Crippen LogP contribution in [-0.4, -0.2) is 38.5 Å². The molecule has 0 bridgehead atoms. The fraction of sp³-hybridized carbons (Fsp3) is 0.200. The molecule has 3 aromatic carbocycles. The highest BCUT2D eigenvalue weighted by atomic mass is 35.5. The van der Waals surface area contributed by atoms with Crippen LogP contribution >= 0.6 is 11.6 Å². The van der Waals surface area contributed by atoms with Gasteiger partial charge in [0.15, 0.2) is 0 Å². The molecule has 0 saturated carbocycles. The van der Waals surface area contributed by atoms with Gasteiger partial charge in [0.25, 0.3) is 0 Å². The minimum Gasteiger partial charge on any atom is -0.352 e. The van der Waals surface area contributed by atoms with Gasteiger partial charge in [-0.2, -0.15) is 0 Å². The molecule has 1 aliphatic heterocycles. The molecule has 10 nitrogen and oxygen atoms in total. The lowest BCUT2D eigenvalue weighted by Crippen LogP contribution is -2.54. The van der Waals surface area contributed by atoms with Gasteiger partial charge in [-0.25, -0.2) is 19.0 Å². The van der Waals surface area contributed by atoms with Gasteiger partial charge in [-0.05, 0) is 47.0 Å². The number of rotatable bonds is 8. The summed E-state index contributed by atoms with van der Waals surface area (Å²) in [4.78, 5) is 44.1. The first-order chi connectivity index (χ1) is 20.3. The summed E-state index contributed by atoms with van der Waals surface area (Å²) >= 11 is 6.38. The van der Waals surface area contributed by atoms with Crippen molar-refractivity contribution in [1.29, 1.82) is 0 Å². The van der Waals surface area contributed by atoms with Crippen molar-refractivity contribution in [1.82, 2.24) is 25.1 Å². The molecular weight excluding hydrogens is 561 g/mol. The number of nitrogens with zero attached hydrogens (tertiary/aromatic N) is 3. The summed E-state index contributed by atoms with van der Waals surface area (Å²) in [6, 6.07) is 18.3. The quantitative estimate of drug-likeness (QED) is 0.245. The molecule has 0 saturated heterocycles. The molecule has 5 rings (SSSR count). The number of fused-ring (bicyclic) bond motifs is 1. The summed E-state index contributed by atoms with van der Waals surface area (Å²) in [5.74, 6) is -0.776. The summed E-state index contributed by atoms with van der Waals surface area (Å²) < 4.78 is 15.4. The van der Waals surface area contributed by atoms with Gasteiger partial charge in [0.05, 0.1) is 30.8 Å². The van der Waals surface area contributed by atoms with Crippen LogP contribution in [0.5, 0.6) is 0 Å². The third-order valence-electron chi connectivity index (χ3n) is 7.00. The Bertz CT molecular complexity index is 1610. The second-order valence-corrected chi connectivity index (χ2v) is 10.3. The molecule has 1 unspecified atom stereocenters. The van der Waals surface area contributed by atoms with E-state index in [1.807, 2.05) is 53.1 Å². The molecule has 2 heterocycles. The van der Waals surface area contributed by atoms with Crippen LogP contribution < -0.4 is 21.7 Å². The maximum atomic E-state index is 13.5. The zero-order valence-corrected chi connectivity index (χ0v) is 23.3. The van der Waals surface area contributed by atoms with Crippen LogP contribution in [0.3, 0.4) is 0 Å². The minimum absolute atomic E-state index is 0.124. The number of carbonyl (C=O) groups excluding carboxylic acids is 3. The minimum atomic E-state index is -0.846. The van der Waals surface area contributed by atoms with E-state index in [1.54, 1.807) is 6.33 Å². The van der Waals surface area contributed by atoms with Crippen molar-refractivity contribution in [3.63, 3.8) is 0 Å². The SMILES string of the molecule is NC(=O)NCc1cccc(CNC(=O)C2Cc3ncn(Cc4ccccc4Cl)c3CN2C(=O)Nc2ccc(F)cc2)c1. The summed E-state index contributed by atoms with van der Waals surface area (Å²) in [6.45, 7) is 1.05. The van der Waals surface area contributed by atoms with Gasteiger partial charge in [0.1, 0.15) is 11.9 Å². The van der Waals surface area contributed by atoms with Crippen molar-refractivity contribution < 1.29 is 18.8 Å². The molecule has 42 heavy (non-hydrogen) atoms. The van der Waals surface area contributed by atoms with Crippen LogP contribution in [0.2, 0.25) is 5.02 Å². The molecule has 12 heteroatoms. The second kappa shape index (κ2) is 12.7. The van der Waals surface area contributed by atoms with Crippen LogP contribution in [0.1, 0.15) is 28.1 Å². The van der Waals surface area contributed by atoms with Crippen molar-refractivity contribution in [3.05, 3.63) is 118 Å². The van der Waals surface area contributed by atoms with Crippen LogP contribution in [-0.2, 0) is 37.4 Å². The molecular formula is C30H29ClFN7O3. The normalized spacial score (nSPS) is 14.1. The molecule has 0 aliphatic carbocycles. The predicted octanol–water partition coefficient (Wildman–Crippen LogP) is 4.17. The van der Waals surface area contributed by atoms with Gasteiger partial charge >= 0.3 is 12.1 Å². The van der Waals surface area contributed by atoms with E-state index >= 15 is 0 Å². The molecule has 216 valence electrons. The lowest BCUT2D eigenvalue weighted by Gasteiger charge is -2.35. The van der Waals surface area contributed by atoms with Gasteiger partial charge in [-0.15, -0.1) is 0 Å². The molecule has 0 spiro atoms. The van der Waals surface area contributed by atoms with Crippen LogP contribution in [0.25, 0.3) is 0 Å². The number of carbonyl (C=O) groups is 3. The van der Waals surface area contributed by atoms with Crippen molar-refractivity contribution in [2.45, 2.75) is 38.6 Å². The standard InChI is InChI=1S/C30H29ClFN7O3/c31-24-7-2-1-6-21(24)16-38-18-36-25-13-26(28(40)34-14-19-4-3-5-20(12-19)15-35-29(33)41)39(17-27(25)38)30(42)37-23-10-8-22(32)9-11-23/h1-12,18,26H,13-17H2,(H,34,40)(H,37,42)(H3,33,35,41). The number of hydrogen-bond donors (Lipinski definition) is 4. The largest absolute Gasteiger partial charge is 0.352 e. The van der Waals surface area contributed by atoms with Crippen LogP contribution in [0.15, 0.2) is 79.1 Å². The lowest BCUT2D eigenvalue weighted by molar-refractivity contribution is -0.126. The molecule has 1 aromatic heterocycles. The maximum Gasteiger partial charge on any atom is 0.322 e. The fourth-order valence-corrected chi connectivity index (χ4v) is 5.03.